The van der Waals surface area contributed by atoms with Crippen LogP contribution in [0.15, 0.2) is 30.5 Å². The number of primary amides is 2. The van der Waals surface area contributed by atoms with E-state index in [-0.39, 0.29) is 38.6 Å². The highest BCUT2D eigenvalue weighted by atomic mass is 16.5. The molecule has 1 saturated heterocycles. The van der Waals surface area contributed by atoms with Crippen molar-refractivity contribution < 1.29 is 131 Å². The van der Waals surface area contributed by atoms with Crippen molar-refractivity contribution in [2.45, 2.75) is 242 Å². The maximum atomic E-state index is 15.0. The fraction of sp³-hybridized carbons (Fsp3) is 0.611. The SMILES string of the molecule is CC[C@@H](C)CCCCCCC(=O)N[C@@H](Cc1c[nH]c2ccccc12)C(=O)N[C@H](CCC(=O)O)C(=O)N[C@H](C(=O)N[C@@H]1C(=O)N(C)CC(=O)N[C@@H](C)C(=O)N[C@@H](CC(=O)O)C(=O)N[C@H](CCCCN)C(=O)N[C@@H]([C@H](O)C(=O)O)C(=O)NCC(=O)N[C@H](CC(N)=O)C(=O)N[C@@H](CCC(=O)O)C(=O)N[C@@H]([C@H](C)CC)C(=O)O[C@@H]1C)[C@@H](O)C(N)=O. The number of hydrogen-bond donors (Lipinski definition) is 22. The number of carbonyl (C=O) groups is 20. The Hall–Kier alpha value is -12.0. The summed E-state index contributed by atoms with van der Waals surface area (Å²) in [5.41, 5.74) is 17.7. The molecule has 44 heteroatoms. The van der Waals surface area contributed by atoms with E-state index in [9.17, 15) is 127 Å². The van der Waals surface area contributed by atoms with E-state index in [0.29, 0.717) is 40.1 Å². The van der Waals surface area contributed by atoms with Gasteiger partial charge in [-0.3, -0.25) is 86.3 Å². The first-order chi connectivity index (χ1) is 54.5. The van der Waals surface area contributed by atoms with Gasteiger partial charge in [-0.05, 0) is 82.4 Å². The molecule has 0 unspecified atom stereocenters. The molecule has 1 aromatic heterocycles. The number of nitrogens with two attached hydrogens (primary N) is 3. The van der Waals surface area contributed by atoms with Crippen molar-refractivity contribution in [3.05, 3.63) is 36.0 Å². The molecule has 0 radical (unpaired) electrons. The number of para-hydroxylation sites is 1. The van der Waals surface area contributed by atoms with Crippen molar-refractivity contribution in [2.75, 3.05) is 26.7 Å². The van der Waals surface area contributed by atoms with E-state index in [1.54, 1.807) is 30.5 Å². The second kappa shape index (κ2) is 49.0. The maximum Gasteiger partial charge on any atom is 0.335 e. The van der Waals surface area contributed by atoms with E-state index < -0.39 is 267 Å². The number of carboxylic acid groups (broad SMARTS) is 4. The number of unbranched alkanes of at least 4 members (excludes halogenated alkanes) is 4. The maximum absolute atomic E-state index is 15.0. The number of aromatic nitrogens is 1. The zero-order valence-electron chi connectivity index (χ0n) is 65.4. The number of nitrogens with zero attached hydrogens (tertiary/aromatic N) is 1. The molecule has 3 rings (SSSR count). The van der Waals surface area contributed by atoms with Crippen LogP contribution in [0.25, 0.3) is 10.9 Å². The molecule has 44 nitrogen and oxygen atoms in total. The molecular formula is C72H109N17O27. The lowest BCUT2D eigenvalue weighted by atomic mass is 9.98. The Labute approximate surface area is 665 Å². The molecule has 2 aromatic rings. The molecule has 1 aromatic carbocycles. The Morgan fingerprint density at radius 1 is 0.595 bits per heavy atom. The van der Waals surface area contributed by atoms with Crippen LogP contribution < -0.4 is 81.0 Å². The summed E-state index contributed by atoms with van der Waals surface area (Å²) < 4.78 is 5.74. The summed E-state index contributed by atoms with van der Waals surface area (Å²) in [7, 11) is 0.889. The fourth-order valence-electron chi connectivity index (χ4n) is 11.7. The Morgan fingerprint density at radius 2 is 1.18 bits per heavy atom. The number of aliphatic hydroxyl groups is 2. The third-order valence-corrected chi connectivity index (χ3v) is 18.9. The molecule has 0 spiro atoms. The molecular weight excluding hydrogens is 1530 g/mol. The van der Waals surface area contributed by atoms with Gasteiger partial charge in [0.25, 0.3) is 0 Å². The van der Waals surface area contributed by atoms with Gasteiger partial charge in [-0.2, -0.15) is 0 Å². The number of H-pyrrole nitrogens is 1. The van der Waals surface area contributed by atoms with Crippen LogP contribution in [0.5, 0.6) is 0 Å². The van der Waals surface area contributed by atoms with Gasteiger partial charge < -0.3 is 126 Å². The number of aromatic amines is 1. The van der Waals surface area contributed by atoms with E-state index in [2.05, 4.69) is 61.4 Å². The minimum Gasteiger partial charge on any atom is -0.481 e. The molecule has 15 amide bonds. The number of aliphatic hydroxyl groups excluding tert-OH is 2. The summed E-state index contributed by atoms with van der Waals surface area (Å²) in [6.07, 6.45) is -7.67. The highest BCUT2D eigenvalue weighted by molar-refractivity contribution is 6.02. The molecule has 0 bridgehead atoms. The van der Waals surface area contributed by atoms with Crippen molar-refractivity contribution in [1.29, 1.82) is 0 Å². The Morgan fingerprint density at radius 3 is 1.77 bits per heavy atom. The van der Waals surface area contributed by atoms with Gasteiger partial charge in [0.1, 0.15) is 72.6 Å². The topological polar surface area (TPSA) is 713 Å². The normalized spacial score (nSPS) is 22.1. The van der Waals surface area contributed by atoms with Gasteiger partial charge in [0.05, 0.1) is 25.9 Å². The van der Waals surface area contributed by atoms with Crippen LogP contribution in [-0.2, 0) is 107 Å². The average molecular weight is 1640 g/mol. The van der Waals surface area contributed by atoms with Crippen molar-refractivity contribution in [1.82, 2.24) is 73.7 Å². The minimum atomic E-state index is -2.84. The smallest absolute Gasteiger partial charge is 0.335 e. The number of nitrogens with one attached hydrogen (secondary N) is 13. The first kappa shape index (κ1) is 98.2. The number of esters is 1. The standard InChI is InChI=1S/C72H109N17O27/c1-8-34(3)18-12-10-11-13-22-48(91)79-44(28-38-31-76-40-20-15-14-19-39(38)40)65(107)82-43(24-26-52(96)97)64(106)87-56(58(100)60(75)102)69(111)86-55-37(6)116-72(115)54(35(4)9-2)85-63(105)42(23-25-51(94)95)83-66(108)45(29-47(74)90)80-49(92)32-77-68(110)57(59(101)71(113)114)88-62(104)41(21-16-17-27-73)81-67(109)46(30-53(98)99)84-61(103)36(5)78-50(93)33-89(7)70(55)112/h14-15,19-20,31,34-37,41-46,54-59,76,100-101H,8-13,16-18,21-30,32-33,73H2,1-7H3,(H2,74,90)(H2,75,102)(H,77,110)(H,78,93)(H,79,91)(H,80,92)(H,81,109)(H,82,107)(H,83,108)(H,84,103)(H,85,105)(H,86,111)(H,87,106)(H,88,104)(H,94,95)(H,96,97)(H,98,99)(H,113,114)/t34-,35-,36+,37-,41-,42+,43-,44+,45-,46+,54+,55+,56+,57+,58-,59+/m1/s1. The first-order valence-electron chi connectivity index (χ1n) is 37.7. The molecule has 1 aliphatic heterocycles. The van der Waals surface area contributed by atoms with Crippen molar-refractivity contribution in [3.8, 4) is 0 Å². The van der Waals surface area contributed by atoms with Gasteiger partial charge in [-0.25, -0.2) is 9.59 Å². The lowest BCUT2D eigenvalue weighted by Crippen LogP contribution is -2.64. The van der Waals surface area contributed by atoms with Crippen LogP contribution in [0, 0.1) is 11.8 Å². The number of cyclic esters (lactones) is 1. The van der Waals surface area contributed by atoms with Crippen molar-refractivity contribution in [3.63, 3.8) is 0 Å². The highest BCUT2D eigenvalue weighted by Gasteiger charge is 2.43. The summed E-state index contributed by atoms with van der Waals surface area (Å²) in [6, 6.07) is -16.1. The molecule has 1 aliphatic rings. The number of fused-ring (bicyclic) bond motifs is 1. The van der Waals surface area contributed by atoms with E-state index in [4.69, 9.17) is 21.9 Å². The number of likely N-dealkylation sites (N-methyl/N-ethyl adjacent to an activating group) is 1. The summed E-state index contributed by atoms with van der Waals surface area (Å²) in [6.45, 7) is 6.54. The van der Waals surface area contributed by atoms with Crippen molar-refractivity contribution in [2.24, 2.45) is 29.0 Å². The number of benzene rings is 1. The molecule has 1 fully saturated rings. The number of aliphatic carboxylic acids is 4. The quantitative estimate of drug-likeness (QED) is 0.0221. The number of carbonyl (C=O) groups excluding carboxylic acids is 16. The average Bonchev–Trinajstić information content (AvgIpc) is 1.58. The number of carboxylic acids is 4. The number of amides is 15. The third kappa shape index (κ3) is 33.2. The van der Waals surface area contributed by atoms with E-state index in [1.165, 1.54) is 13.8 Å². The minimum absolute atomic E-state index is 0.0127. The molecule has 25 N–H and O–H groups in total. The number of ether oxygens (including phenoxy) is 1. The van der Waals surface area contributed by atoms with E-state index in [1.807, 2.05) is 21.3 Å². The van der Waals surface area contributed by atoms with Crippen LogP contribution >= 0.6 is 0 Å². The van der Waals surface area contributed by atoms with E-state index >= 15 is 0 Å². The lowest BCUT2D eigenvalue weighted by molar-refractivity contribution is -0.159. The van der Waals surface area contributed by atoms with Gasteiger partial charge >= 0.3 is 29.8 Å². The molecule has 2 heterocycles. The molecule has 116 heavy (non-hydrogen) atoms. The van der Waals surface area contributed by atoms with E-state index in [0.717, 1.165) is 46.6 Å². The predicted octanol–water partition coefficient (Wildman–Crippen LogP) is -6.48. The Kier molecular flexibility index (Phi) is 41.5. The highest BCUT2D eigenvalue weighted by Crippen LogP contribution is 2.22. The van der Waals surface area contributed by atoms with Crippen LogP contribution in [0.3, 0.4) is 0 Å². The molecule has 0 aliphatic carbocycles. The molecule has 0 saturated carbocycles. The van der Waals surface area contributed by atoms with Gasteiger partial charge in [0.2, 0.25) is 88.6 Å². The van der Waals surface area contributed by atoms with Gasteiger partial charge in [-0.1, -0.05) is 84.4 Å². The molecule has 644 valence electrons. The first-order valence-corrected chi connectivity index (χ1v) is 37.7. The van der Waals surface area contributed by atoms with Gasteiger partial charge in [-0.15, -0.1) is 0 Å². The number of rotatable bonds is 37. The van der Waals surface area contributed by atoms with Gasteiger partial charge in [0, 0.05) is 49.8 Å². The Balaban J connectivity index is 2.27. The predicted molar refractivity (Wildman–Crippen MR) is 403 cm³/mol. The Bertz CT molecular complexity index is 3860. The summed E-state index contributed by atoms with van der Waals surface area (Å²) in [4.78, 5) is 276. The second-order valence-corrected chi connectivity index (χ2v) is 28.2. The fourth-order valence-corrected chi connectivity index (χ4v) is 11.7. The van der Waals surface area contributed by atoms with Crippen LogP contribution in [0.1, 0.15) is 156 Å². The third-order valence-electron chi connectivity index (χ3n) is 18.9. The van der Waals surface area contributed by atoms with Crippen LogP contribution in [-0.4, -0.2) is 270 Å². The summed E-state index contributed by atoms with van der Waals surface area (Å²) in [5.74, 6) is -29.8. The second-order valence-electron chi connectivity index (χ2n) is 28.2. The zero-order chi connectivity index (χ0) is 87.4. The summed E-state index contributed by atoms with van der Waals surface area (Å²) in [5, 5.41) is 87.9. The van der Waals surface area contributed by atoms with Crippen molar-refractivity contribution >= 4 is 129 Å². The zero-order valence-corrected chi connectivity index (χ0v) is 65.4. The van der Waals surface area contributed by atoms with Crippen LogP contribution in [0.2, 0.25) is 0 Å². The van der Waals surface area contributed by atoms with Gasteiger partial charge in [0.15, 0.2) is 12.2 Å². The summed E-state index contributed by atoms with van der Waals surface area (Å²) >= 11 is 0. The molecule has 16 atom stereocenters. The largest absolute Gasteiger partial charge is 0.481 e. The monoisotopic (exact) mass is 1640 g/mol. The lowest BCUT2D eigenvalue weighted by Gasteiger charge is -2.32. The number of hydrogen-bond acceptors (Lipinski definition) is 24. The van der Waals surface area contributed by atoms with Crippen LogP contribution in [0.4, 0.5) is 0 Å².